The Morgan fingerprint density at radius 1 is 1.26 bits per heavy atom. The minimum Gasteiger partial charge on any atom is -0.390 e. The number of hydrogen-bond donors (Lipinski definition) is 4. The van der Waals surface area contributed by atoms with Gasteiger partial charge in [0.25, 0.3) is 5.56 Å². The number of aliphatic hydroxyl groups excluding tert-OH is 2. The Bertz CT molecular complexity index is 1370. The van der Waals surface area contributed by atoms with Crippen LogP contribution in [0.1, 0.15) is 48.9 Å². The lowest BCUT2D eigenvalue weighted by Gasteiger charge is -2.20. The topological polar surface area (TPSA) is 157 Å². The van der Waals surface area contributed by atoms with E-state index in [1.807, 2.05) is 22.8 Å². The molecule has 2 aliphatic carbocycles. The second-order valence-electron chi connectivity index (χ2n) is 9.54. The van der Waals surface area contributed by atoms with Crippen LogP contribution in [0.5, 0.6) is 0 Å². The predicted molar refractivity (Wildman–Crippen MR) is 136 cm³/mol. The number of aliphatic hydroxyl groups is 2. The summed E-state index contributed by atoms with van der Waals surface area (Å²) in [6, 6.07) is 7.24. The summed E-state index contributed by atoms with van der Waals surface area (Å²) in [5, 5.41) is 22.2. The lowest BCUT2D eigenvalue weighted by Crippen LogP contribution is -2.29. The number of anilines is 1. The number of nitrogen functional groups attached to an aromatic ring is 1. The molecule has 0 aliphatic heterocycles. The van der Waals surface area contributed by atoms with Gasteiger partial charge in [-0.05, 0) is 68.5 Å². The highest BCUT2D eigenvalue weighted by Gasteiger charge is 2.42. The normalized spacial score (nSPS) is 24.8. The molecule has 2 aliphatic rings. The van der Waals surface area contributed by atoms with Crippen LogP contribution in [0.4, 0.5) is 11.8 Å². The van der Waals surface area contributed by atoms with Crippen LogP contribution in [-0.4, -0.2) is 56.1 Å². The maximum atomic E-state index is 12.8. The summed E-state index contributed by atoms with van der Waals surface area (Å²) in [5.74, 6) is 1.00. The third kappa shape index (κ3) is 4.02. The number of aliphatic imine (C=N–C) groups is 2. The first-order valence-electron chi connectivity index (χ1n) is 11.9. The van der Waals surface area contributed by atoms with Crippen molar-refractivity contribution in [3.63, 3.8) is 0 Å². The molecule has 6 N–H and O–H groups in total. The van der Waals surface area contributed by atoms with E-state index in [-0.39, 0.29) is 29.5 Å². The molecule has 1 aromatic carbocycles. The Labute approximate surface area is 202 Å². The van der Waals surface area contributed by atoms with Gasteiger partial charge in [-0.25, -0.2) is 9.98 Å². The number of hydrogen-bond acceptors (Lipinski definition) is 7. The Hall–Kier alpha value is -3.50. The van der Waals surface area contributed by atoms with Crippen molar-refractivity contribution in [2.45, 2.75) is 56.4 Å². The average molecular weight is 478 g/mol. The molecule has 0 saturated heterocycles. The van der Waals surface area contributed by atoms with Crippen LogP contribution in [0.15, 0.2) is 45.2 Å². The minimum atomic E-state index is -0.945. The molecule has 0 bridgehead atoms. The van der Waals surface area contributed by atoms with E-state index in [1.165, 1.54) is 0 Å². The fourth-order valence-corrected chi connectivity index (χ4v) is 5.31. The van der Waals surface area contributed by atoms with Gasteiger partial charge in [0.1, 0.15) is 17.8 Å². The van der Waals surface area contributed by atoms with Crippen molar-refractivity contribution in [1.29, 1.82) is 0 Å². The standard InChI is InChI=1S/C25H31N7O3/c1-28-22(26)17-9-10-31(23(17)29-2)19-12-14(20(33)21(19)34)5-3-13-4-8-16-18(11-13)30-25(27)32(24(16)35)15-6-7-15/h4,8-11,14-15,19-21,33-34H,2-3,5-7,12H2,1H3,(H2,26,28)(H2,27,30)/t14-,19+,20+,21-/m0/s1. The summed E-state index contributed by atoms with van der Waals surface area (Å²) in [6.07, 6.45) is 3.81. The smallest absolute Gasteiger partial charge is 0.263 e. The summed E-state index contributed by atoms with van der Waals surface area (Å²) in [6.45, 7) is 3.64. The van der Waals surface area contributed by atoms with Gasteiger partial charge in [-0.2, -0.15) is 0 Å². The molecule has 35 heavy (non-hydrogen) atoms. The van der Waals surface area contributed by atoms with Gasteiger partial charge in [-0.15, -0.1) is 0 Å². The molecule has 2 fully saturated rings. The first kappa shape index (κ1) is 23.3. The van der Waals surface area contributed by atoms with Gasteiger partial charge in [0.05, 0.1) is 28.6 Å². The maximum Gasteiger partial charge on any atom is 0.263 e. The highest BCUT2D eigenvalue weighted by atomic mass is 16.3. The molecule has 0 amide bonds. The number of benzene rings is 1. The van der Waals surface area contributed by atoms with Crippen molar-refractivity contribution in [3.8, 4) is 0 Å². The number of aromatic nitrogens is 3. The van der Waals surface area contributed by atoms with E-state index in [0.717, 1.165) is 18.4 Å². The number of rotatable bonds is 7. The van der Waals surface area contributed by atoms with E-state index in [1.54, 1.807) is 23.9 Å². The first-order valence-corrected chi connectivity index (χ1v) is 11.9. The number of amidine groups is 1. The molecule has 2 aromatic heterocycles. The van der Waals surface area contributed by atoms with Crippen molar-refractivity contribution in [2.24, 2.45) is 21.6 Å². The van der Waals surface area contributed by atoms with E-state index in [0.29, 0.717) is 47.4 Å². The molecule has 184 valence electrons. The van der Waals surface area contributed by atoms with Gasteiger partial charge in [-0.1, -0.05) is 6.07 Å². The Balaban J connectivity index is 1.33. The molecule has 5 rings (SSSR count). The van der Waals surface area contributed by atoms with E-state index >= 15 is 0 Å². The molecule has 2 heterocycles. The molecule has 3 aromatic rings. The lowest BCUT2D eigenvalue weighted by molar-refractivity contribution is 0.00521. The first-order chi connectivity index (χ1) is 16.8. The van der Waals surface area contributed by atoms with Gasteiger partial charge >= 0.3 is 0 Å². The van der Waals surface area contributed by atoms with Crippen LogP contribution in [-0.2, 0) is 6.42 Å². The zero-order chi connectivity index (χ0) is 24.9. The number of nitrogens with two attached hydrogens (primary N) is 2. The fourth-order valence-electron chi connectivity index (χ4n) is 5.31. The third-order valence-corrected chi connectivity index (χ3v) is 7.39. The zero-order valence-corrected chi connectivity index (χ0v) is 19.7. The second-order valence-corrected chi connectivity index (χ2v) is 9.54. The van der Waals surface area contributed by atoms with Crippen LogP contribution in [0, 0.1) is 5.92 Å². The van der Waals surface area contributed by atoms with E-state index in [9.17, 15) is 15.0 Å². The summed E-state index contributed by atoms with van der Waals surface area (Å²) >= 11 is 0. The van der Waals surface area contributed by atoms with Crippen molar-refractivity contribution in [3.05, 3.63) is 51.9 Å². The zero-order valence-electron chi connectivity index (χ0n) is 19.7. The van der Waals surface area contributed by atoms with Gasteiger partial charge in [0.15, 0.2) is 0 Å². The van der Waals surface area contributed by atoms with Crippen molar-refractivity contribution in [2.75, 3.05) is 12.8 Å². The summed E-state index contributed by atoms with van der Waals surface area (Å²) in [7, 11) is 1.60. The SMILES string of the molecule is C=Nc1c(/C(N)=N\C)ccn1[C@@H]1C[C@H](CCc2ccc3c(=O)n(C4CC4)c(N)nc3c2)[C@@H](O)[C@H]1O. The number of aryl methyl sites for hydroxylation is 1. The van der Waals surface area contributed by atoms with Crippen molar-refractivity contribution in [1.82, 2.24) is 14.1 Å². The summed E-state index contributed by atoms with van der Waals surface area (Å²) in [5.41, 5.74) is 14.2. The van der Waals surface area contributed by atoms with Gasteiger partial charge in [-0.3, -0.25) is 14.4 Å². The van der Waals surface area contributed by atoms with Gasteiger partial charge in [0.2, 0.25) is 5.95 Å². The lowest BCUT2D eigenvalue weighted by atomic mass is 9.95. The molecular weight excluding hydrogens is 446 g/mol. The maximum absolute atomic E-state index is 12.8. The molecule has 2 saturated carbocycles. The summed E-state index contributed by atoms with van der Waals surface area (Å²) in [4.78, 5) is 25.4. The van der Waals surface area contributed by atoms with E-state index < -0.39 is 12.2 Å². The molecule has 10 heteroatoms. The van der Waals surface area contributed by atoms with Gasteiger partial charge in [0, 0.05) is 19.3 Å². The quantitative estimate of drug-likeness (QED) is 0.300. The van der Waals surface area contributed by atoms with E-state index in [4.69, 9.17) is 11.5 Å². The third-order valence-electron chi connectivity index (χ3n) is 7.39. The molecule has 0 unspecified atom stereocenters. The Morgan fingerprint density at radius 3 is 2.71 bits per heavy atom. The highest BCUT2D eigenvalue weighted by molar-refractivity contribution is 6.01. The minimum absolute atomic E-state index is 0.0924. The Morgan fingerprint density at radius 2 is 2.03 bits per heavy atom. The van der Waals surface area contributed by atoms with Crippen LogP contribution in [0.25, 0.3) is 10.9 Å². The predicted octanol–water partition coefficient (Wildman–Crippen LogP) is 1.70. The highest BCUT2D eigenvalue weighted by Crippen LogP contribution is 2.41. The van der Waals surface area contributed by atoms with Crippen LogP contribution >= 0.6 is 0 Å². The molecular formula is C25H31N7O3. The molecule has 4 atom stereocenters. The molecule has 0 radical (unpaired) electrons. The number of fused-ring (bicyclic) bond motifs is 1. The van der Waals surface area contributed by atoms with Crippen LogP contribution < -0.4 is 17.0 Å². The molecule has 10 nitrogen and oxygen atoms in total. The summed E-state index contributed by atoms with van der Waals surface area (Å²) < 4.78 is 3.42. The van der Waals surface area contributed by atoms with Crippen molar-refractivity contribution >= 4 is 35.2 Å². The van der Waals surface area contributed by atoms with Crippen LogP contribution in [0.2, 0.25) is 0 Å². The number of nitrogens with zero attached hydrogens (tertiary/aromatic N) is 5. The Kier molecular flexibility index (Phi) is 5.94. The van der Waals surface area contributed by atoms with Crippen molar-refractivity contribution < 1.29 is 10.2 Å². The second kappa shape index (κ2) is 8.94. The van der Waals surface area contributed by atoms with E-state index in [2.05, 4.69) is 21.7 Å². The molecule has 0 spiro atoms. The van der Waals surface area contributed by atoms with Crippen LogP contribution in [0.3, 0.4) is 0 Å². The van der Waals surface area contributed by atoms with Gasteiger partial charge < -0.3 is 26.2 Å². The monoisotopic (exact) mass is 477 g/mol. The largest absolute Gasteiger partial charge is 0.390 e. The fraction of sp³-hybridized carbons (Fsp3) is 0.440. The average Bonchev–Trinajstić information content (AvgIpc) is 3.52.